The van der Waals surface area contributed by atoms with Crippen molar-refractivity contribution in [2.24, 2.45) is 11.8 Å². The van der Waals surface area contributed by atoms with E-state index in [1.54, 1.807) is 0 Å². The third kappa shape index (κ3) is 7.06. The molecule has 19 atom stereocenters. The van der Waals surface area contributed by atoms with Gasteiger partial charge in [0.15, 0.2) is 12.6 Å². The van der Waals surface area contributed by atoms with Crippen LogP contribution >= 0.6 is 0 Å². The van der Waals surface area contributed by atoms with Gasteiger partial charge in [-0.25, -0.2) is 0 Å². The molecule has 0 aromatic carbocycles. The zero-order valence-electron chi connectivity index (χ0n) is 24.4. The minimum atomic E-state index is -1.69. The van der Waals surface area contributed by atoms with Crippen molar-refractivity contribution in [2.45, 2.75) is 150 Å². The molecule has 0 aromatic rings. The quantitative estimate of drug-likeness (QED) is 0.134. The van der Waals surface area contributed by atoms with Crippen LogP contribution in [0.3, 0.4) is 0 Å². The molecule has 9 N–H and O–H groups in total. The second-order valence-corrected chi connectivity index (χ2v) is 12.8. The van der Waals surface area contributed by atoms with Crippen molar-refractivity contribution in [3.8, 4) is 0 Å². The van der Waals surface area contributed by atoms with E-state index in [0.29, 0.717) is 32.1 Å². The Hall–Kier alpha value is -0.600. The van der Waals surface area contributed by atoms with E-state index in [1.165, 1.54) is 14.0 Å². The summed E-state index contributed by atoms with van der Waals surface area (Å²) in [5.41, 5.74) is 0. The number of hydrogen-bond acceptors (Lipinski definition) is 15. The van der Waals surface area contributed by atoms with Crippen molar-refractivity contribution in [3.05, 3.63) is 0 Å². The van der Waals surface area contributed by atoms with Crippen LogP contribution in [0.1, 0.15) is 45.4 Å². The van der Waals surface area contributed by atoms with Crippen LogP contribution in [0.25, 0.3) is 0 Å². The second-order valence-electron chi connectivity index (χ2n) is 12.8. The number of fused-ring (bicyclic) bond motifs is 1. The van der Waals surface area contributed by atoms with Gasteiger partial charge in [0, 0.05) is 13.0 Å². The van der Waals surface area contributed by atoms with Gasteiger partial charge in [-0.1, -0.05) is 0 Å². The van der Waals surface area contributed by atoms with E-state index in [9.17, 15) is 46.0 Å². The molecule has 0 amide bonds. The summed E-state index contributed by atoms with van der Waals surface area (Å²) in [5.74, 6) is -0.485. The normalized spacial score (nSPS) is 54.6. The summed E-state index contributed by atoms with van der Waals surface area (Å²) >= 11 is 0. The lowest BCUT2D eigenvalue weighted by molar-refractivity contribution is -0.345. The van der Waals surface area contributed by atoms with Gasteiger partial charge in [0.25, 0.3) is 0 Å². The summed E-state index contributed by atoms with van der Waals surface area (Å²) in [5, 5.41) is 93.8. The van der Waals surface area contributed by atoms with Crippen LogP contribution in [-0.2, 0) is 28.4 Å². The molecule has 5 aliphatic rings. The standard InChI is InChI=1S/C28H48O15/c1-10-20(32)22(34)24(36)27(40-10)39-9-19-21(33)23(35)25(37)28(43-19)42-18-8-13-15(31)6-12(29)7-16(13)41-26(18)11-3-4-14(30)17(5-11)38-2/h10-37H,3-9H2,1-2H3/t10-,11?,12?,13?,14?,15?,16?,17?,18?,19-,20-,21-,22-,23+,24+,25-,26?,27-,28-/m1/s1. The second kappa shape index (κ2) is 14.0. The van der Waals surface area contributed by atoms with Crippen molar-refractivity contribution in [1.29, 1.82) is 0 Å². The number of aliphatic hydroxyl groups excluding tert-OH is 9. The summed E-state index contributed by atoms with van der Waals surface area (Å²) in [6, 6.07) is 0. The van der Waals surface area contributed by atoms with Crippen LogP contribution in [0, 0.1) is 11.8 Å². The molecule has 250 valence electrons. The molecule has 5 fully saturated rings. The maximum absolute atomic E-state index is 10.8. The number of ether oxygens (including phenoxy) is 6. The maximum atomic E-state index is 10.8. The molecular formula is C28H48O15. The van der Waals surface area contributed by atoms with E-state index < -0.39 is 111 Å². The van der Waals surface area contributed by atoms with Gasteiger partial charge < -0.3 is 74.4 Å². The fourth-order valence-corrected chi connectivity index (χ4v) is 7.32. The van der Waals surface area contributed by atoms with E-state index in [1.807, 2.05) is 0 Å². The summed E-state index contributed by atoms with van der Waals surface area (Å²) in [7, 11) is 1.53. The molecule has 15 nitrogen and oxygen atoms in total. The molecule has 0 spiro atoms. The van der Waals surface area contributed by atoms with Crippen molar-refractivity contribution in [2.75, 3.05) is 13.7 Å². The summed E-state index contributed by atoms with van der Waals surface area (Å²) < 4.78 is 35.1. The lowest BCUT2D eigenvalue weighted by Gasteiger charge is -2.51. The third-order valence-corrected chi connectivity index (χ3v) is 9.97. The fourth-order valence-electron chi connectivity index (χ4n) is 7.32. The average molecular weight is 625 g/mol. The Labute approximate surface area is 249 Å². The molecule has 0 radical (unpaired) electrons. The van der Waals surface area contributed by atoms with Gasteiger partial charge in [0.1, 0.15) is 42.7 Å². The molecule has 0 bridgehead atoms. The molecule has 0 aromatic heterocycles. The lowest BCUT2D eigenvalue weighted by Crippen LogP contribution is -2.63. The Morgan fingerprint density at radius 2 is 1.35 bits per heavy atom. The molecule has 15 heteroatoms. The summed E-state index contributed by atoms with van der Waals surface area (Å²) in [6.07, 6.45) is -16.2. The third-order valence-electron chi connectivity index (χ3n) is 9.97. The number of aliphatic hydroxyl groups is 9. The first kappa shape index (κ1) is 33.8. The molecule has 5 rings (SSSR count). The minimum absolute atomic E-state index is 0.125. The lowest BCUT2D eigenvalue weighted by atomic mass is 9.72. The number of hydrogen-bond donors (Lipinski definition) is 9. The Bertz CT molecular complexity index is 898. The molecule has 2 saturated carbocycles. The highest BCUT2D eigenvalue weighted by Crippen LogP contribution is 2.43. The van der Waals surface area contributed by atoms with Gasteiger partial charge in [-0.15, -0.1) is 0 Å². The molecule has 9 unspecified atom stereocenters. The van der Waals surface area contributed by atoms with Crippen molar-refractivity contribution in [3.63, 3.8) is 0 Å². The van der Waals surface area contributed by atoms with Crippen LogP contribution in [0.15, 0.2) is 0 Å². The average Bonchev–Trinajstić information content (AvgIpc) is 2.98. The Morgan fingerprint density at radius 1 is 0.651 bits per heavy atom. The molecule has 2 aliphatic carbocycles. The Balaban J connectivity index is 1.30. The monoisotopic (exact) mass is 624 g/mol. The highest BCUT2D eigenvalue weighted by molar-refractivity contribution is 4.99. The van der Waals surface area contributed by atoms with Gasteiger partial charge in [-0.3, -0.25) is 0 Å². The van der Waals surface area contributed by atoms with Gasteiger partial charge in [-0.2, -0.15) is 0 Å². The van der Waals surface area contributed by atoms with Gasteiger partial charge in [0.2, 0.25) is 0 Å². The minimum Gasteiger partial charge on any atom is -0.393 e. The number of methoxy groups -OCH3 is 1. The molecule has 3 saturated heterocycles. The first-order chi connectivity index (χ1) is 20.4. The SMILES string of the molecule is COC1CC(C2OC3CC(O)CC(O)C3CC2O[C@@H]2O[C@H](CO[C@@H]3O[C@H](C)[C@@H](O)[C@@H](O)[C@@H]3O)[C@@H](O)[C@H](O)[C@H]2O)CCC1O. The largest absolute Gasteiger partial charge is 0.393 e. The predicted octanol–water partition coefficient (Wildman–Crippen LogP) is -3.51. The molecular weight excluding hydrogens is 576 g/mol. The van der Waals surface area contributed by atoms with Crippen LogP contribution in [0.5, 0.6) is 0 Å². The summed E-state index contributed by atoms with van der Waals surface area (Å²) in [4.78, 5) is 0. The van der Waals surface area contributed by atoms with Gasteiger partial charge in [-0.05, 0) is 51.4 Å². The van der Waals surface area contributed by atoms with Gasteiger partial charge >= 0.3 is 0 Å². The zero-order chi connectivity index (χ0) is 31.2. The summed E-state index contributed by atoms with van der Waals surface area (Å²) in [6.45, 7) is 1.06. The van der Waals surface area contributed by atoms with Crippen LogP contribution < -0.4 is 0 Å². The van der Waals surface area contributed by atoms with E-state index in [4.69, 9.17) is 28.4 Å². The zero-order valence-corrected chi connectivity index (χ0v) is 24.4. The van der Waals surface area contributed by atoms with Crippen LogP contribution in [0.2, 0.25) is 0 Å². The molecule has 43 heavy (non-hydrogen) atoms. The maximum Gasteiger partial charge on any atom is 0.187 e. The molecule has 3 heterocycles. The Kier molecular flexibility index (Phi) is 11.0. The van der Waals surface area contributed by atoms with Crippen LogP contribution in [-0.4, -0.2) is 164 Å². The molecule has 3 aliphatic heterocycles. The highest BCUT2D eigenvalue weighted by atomic mass is 16.7. The Morgan fingerprint density at radius 3 is 2.07 bits per heavy atom. The smallest absolute Gasteiger partial charge is 0.187 e. The number of rotatable bonds is 7. The fraction of sp³-hybridized carbons (Fsp3) is 1.00. The topological polar surface area (TPSA) is 237 Å². The highest BCUT2D eigenvalue weighted by Gasteiger charge is 2.52. The van der Waals surface area contributed by atoms with Gasteiger partial charge in [0.05, 0.1) is 55.4 Å². The van der Waals surface area contributed by atoms with E-state index in [0.717, 1.165) is 0 Å². The van der Waals surface area contributed by atoms with Crippen LogP contribution in [0.4, 0.5) is 0 Å². The van der Waals surface area contributed by atoms with Crippen molar-refractivity contribution in [1.82, 2.24) is 0 Å². The van der Waals surface area contributed by atoms with E-state index in [-0.39, 0.29) is 18.3 Å². The van der Waals surface area contributed by atoms with Crippen molar-refractivity contribution >= 4 is 0 Å². The van der Waals surface area contributed by atoms with Crippen molar-refractivity contribution < 1.29 is 74.4 Å². The first-order valence-corrected chi connectivity index (χ1v) is 15.3. The first-order valence-electron chi connectivity index (χ1n) is 15.3. The predicted molar refractivity (Wildman–Crippen MR) is 142 cm³/mol. The van der Waals surface area contributed by atoms with E-state index >= 15 is 0 Å². The van der Waals surface area contributed by atoms with E-state index in [2.05, 4.69) is 0 Å².